The van der Waals surface area contributed by atoms with Crippen LogP contribution in [0.3, 0.4) is 0 Å². The summed E-state index contributed by atoms with van der Waals surface area (Å²) < 4.78 is 10.4. The van der Waals surface area contributed by atoms with Gasteiger partial charge < -0.3 is 29.7 Å². The monoisotopic (exact) mass is 399 g/mol. The quantitative estimate of drug-likeness (QED) is 0.385. The highest BCUT2D eigenvalue weighted by Crippen LogP contribution is 2.40. The van der Waals surface area contributed by atoms with Gasteiger partial charge in [0.1, 0.15) is 11.5 Å². The average Bonchev–Trinajstić information content (AvgIpc) is 2.98. The van der Waals surface area contributed by atoms with Crippen LogP contribution in [0.4, 0.5) is 0 Å². The van der Waals surface area contributed by atoms with Gasteiger partial charge in [0.25, 0.3) is 11.7 Å². The van der Waals surface area contributed by atoms with E-state index in [1.54, 1.807) is 24.3 Å². The smallest absolute Gasteiger partial charge is 0.295 e. The molecule has 1 heterocycles. The van der Waals surface area contributed by atoms with Gasteiger partial charge in [-0.2, -0.15) is 0 Å². The molecule has 29 heavy (non-hydrogen) atoms. The molecule has 0 aromatic heterocycles. The number of phenols is 1. The molecule has 1 fully saturated rings. The zero-order valence-electron chi connectivity index (χ0n) is 16.0. The van der Waals surface area contributed by atoms with Gasteiger partial charge >= 0.3 is 0 Å². The molecule has 1 aliphatic heterocycles. The van der Waals surface area contributed by atoms with Gasteiger partial charge in [-0.1, -0.05) is 12.1 Å². The molecule has 1 saturated heterocycles. The molecule has 0 radical (unpaired) electrons. The van der Waals surface area contributed by atoms with Crippen LogP contribution < -0.4 is 9.47 Å². The molecule has 8 nitrogen and oxygen atoms in total. The SMILES string of the molecule is COc1ccc(C(O)=C2C(=O)C(=O)N(CCO)C2c2ccc(O)cc2)cc1OC. The number of methoxy groups -OCH3 is 2. The molecule has 1 atom stereocenters. The third-order valence-corrected chi connectivity index (χ3v) is 4.75. The fourth-order valence-electron chi connectivity index (χ4n) is 3.36. The van der Waals surface area contributed by atoms with Crippen LogP contribution in [0.1, 0.15) is 17.2 Å². The van der Waals surface area contributed by atoms with E-state index in [9.17, 15) is 24.9 Å². The molecule has 3 N–H and O–H groups in total. The zero-order chi connectivity index (χ0) is 21.1. The standard InChI is InChI=1S/C21H21NO7/c1-28-15-8-5-13(11-16(15)29-2)19(25)17-18(12-3-6-14(24)7-4-12)22(9-10-23)21(27)20(17)26/h3-8,11,18,23-25H,9-10H2,1-2H3. The Bertz CT molecular complexity index is 965. The first kappa shape index (κ1) is 20.2. The summed E-state index contributed by atoms with van der Waals surface area (Å²) in [6.45, 7) is -0.434. The van der Waals surface area contributed by atoms with E-state index in [1.165, 1.54) is 37.3 Å². The van der Waals surface area contributed by atoms with Crippen molar-refractivity contribution in [3.63, 3.8) is 0 Å². The van der Waals surface area contributed by atoms with Crippen LogP contribution in [-0.2, 0) is 9.59 Å². The third-order valence-electron chi connectivity index (χ3n) is 4.75. The number of hydrogen-bond acceptors (Lipinski definition) is 7. The molecule has 0 bridgehead atoms. The lowest BCUT2D eigenvalue weighted by molar-refractivity contribution is -0.140. The Morgan fingerprint density at radius 3 is 2.28 bits per heavy atom. The maximum absolute atomic E-state index is 12.7. The van der Waals surface area contributed by atoms with Crippen molar-refractivity contribution in [2.45, 2.75) is 6.04 Å². The second-order valence-electron chi connectivity index (χ2n) is 6.38. The number of β-amino-alcohol motifs (C(OH)–C–C–N with tert-alkyl or cyclic N) is 1. The van der Waals surface area contributed by atoms with Crippen LogP contribution in [-0.4, -0.2) is 59.3 Å². The van der Waals surface area contributed by atoms with Gasteiger partial charge in [-0.05, 0) is 35.9 Å². The van der Waals surface area contributed by atoms with Gasteiger partial charge in [0.05, 0.1) is 32.4 Å². The van der Waals surface area contributed by atoms with E-state index >= 15 is 0 Å². The third kappa shape index (κ3) is 3.62. The van der Waals surface area contributed by atoms with Crippen molar-refractivity contribution in [3.8, 4) is 17.2 Å². The lowest BCUT2D eigenvalue weighted by atomic mass is 9.95. The molecule has 0 saturated carbocycles. The zero-order valence-corrected chi connectivity index (χ0v) is 16.0. The second-order valence-corrected chi connectivity index (χ2v) is 6.38. The van der Waals surface area contributed by atoms with Crippen molar-refractivity contribution in [2.24, 2.45) is 0 Å². The molecular formula is C21H21NO7. The minimum absolute atomic E-state index is 0.0211. The fraction of sp³-hybridized carbons (Fsp3) is 0.238. The number of ether oxygens (including phenoxy) is 2. The first-order valence-electron chi connectivity index (χ1n) is 8.83. The molecule has 8 heteroatoms. The fourth-order valence-corrected chi connectivity index (χ4v) is 3.36. The maximum Gasteiger partial charge on any atom is 0.295 e. The molecule has 0 spiro atoms. The van der Waals surface area contributed by atoms with Crippen molar-refractivity contribution >= 4 is 17.4 Å². The normalized spacial score (nSPS) is 18.2. The predicted octanol–water partition coefficient (Wildman–Crippen LogP) is 1.82. The number of aliphatic hydroxyl groups excluding tert-OH is 2. The number of aromatic hydroxyl groups is 1. The average molecular weight is 399 g/mol. The van der Waals surface area contributed by atoms with Gasteiger partial charge in [-0.15, -0.1) is 0 Å². The number of likely N-dealkylation sites (tertiary alicyclic amines) is 1. The number of hydrogen-bond donors (Lipinski definition) is 3. The van der Waals surface area contributed by atoms with E-state index in [1.807, 2.05) is 0 Å². The summed E-state index contributed by atoms with van der Waals surface area (Å²) in [5, 5.41) is 29.8. The lowest BCUT2D eigenvalue weighted by Gasteiger charge is -2.24. The van der Waals surface area contributed by atoms with E-state index in [2.05, 4.69) is 0 Å². The van der Waals surface area contributed by atoms with E-state index in [0.717, 1.165) is 0 Å². The van der Waals surface area contributed by atoms with Crippen molar-refractivity contribution < 1.29 is 34.4 Å². The van der Waals surface area contributed by atoms with Crippen molar-refractivity contribution in [3.05, 3.63) is 59.2 Å². The Kier molecular flexibility index (Phi) is 5.74. The molecule has 152 valence electrons. The number of aliphatic hydroxyl groups is 2. The summed E-state index contributed by atoms with van der Waals surface area (Å²) in [5.41, 5.74) is 0.673. The van der Waals surface area contributed by atoms with E-state index < -0.39 is 17.7 Å². The van der Waals surface area contributed by atoms with Gasteiger partial charge in [0.2, 0.25) is 0 Å². The number of carbonyl (C=O) groups excluding carboxylic acids is 2. The highest BCUT2D eigenvalue weighted by molar-refractivity contribution is 6.46. The minimum Gasteiger partial charge on any atom is -0.508 e. The molecule has 3 rings (SSSR count). The number of phenolic OH excluding ortho intramolecular Hbond substituents is 1. The topological polar surface area (TPSA) is 117 Å². The van der Waals surface area contributed by atoms with Crippen LogP contribution in [0, 0.1) is 0 Å². The van der Waals surface area contributed by atoms with Crippen LogP contribution in [0.2, 0.25) is 0 Å². The summed E-state index contributed by atoms with van der Waals surface area (Å²) in [6.07, 6.45) is 0. The van der Waals surface area contributed by atoms with Gasteiger partial charge in [0, 0.05) is 12.1 Å². The predicted molar refractivity (Wildman–Crippen MR) is 104 cm³/mol. The van der Waals surface area contributed by atoms with Crippen molar-refractivity contribution in [1.29, 1.82) is 0 Å². The van der Waals surface area contributed by atoms with Crippen LogP contribution in [0.5, 0.6) is 17.2 Å². The van der Waals surface area contributed by atoms with Crippen LogP contribution >= 0.6 is 0 Å². The summed E-state index contributed by atoms with van der Waals surface area (Å²) in [5.74, 6) is -1.24. The molecule has 2 aromatic carbocycles. The van der Waals surface area contributed by atoms with E-state index in [4.69, 9.17) is 9.47 Å². The van der Waals surface area contributed by atoms with E-state index in [0.29, 0.717) is 17.1 Å². The van der Waals surface area contributed by atoms with Crippen molar-refractivity contribution in [1.82, 2.24) is 4.90 Å². The summed E-state index contributed by atoms with van der Waals surface area (Å²) in [6, 6.07) is 9.67. The summed E-state index contributed by atoms with van der Waals surface area (Å²) in [7, 11) is 2.92. The summed E-state index contributed by atoms with van der Waals surface area (Å²) in [4.78, 5) is 26.5. The number of carbonyl (C=O) groups is 2. The number of nitrogens with zero attached hydrogens (tertiary/aromatic N) is 1. The second kappa shape index (κ2) is 8.24. The van der Waals surface area contributed by atoms with Crippen LogP contribution in [0.15, 0.2) is 48.0 Å². The van der Waals surface area contributed by atoms with Gasteiger partial charge in [-0.25, -0.2) is 0 Å². The number of benzene rings is 2. The maximum atomic E-state index is 12.7. The number of Topliss-reactive ketones (excluding diaryl/α,β-unsaturated/α-hetero) is 1. The first-order valence-corrected chi connectivity index (χ1v) is 8.83. The Hall–Kier alpha value is -3.52. The molecule has 2 aromatic rings. The van der Waals surface area contributed by atoms with Crippen LogP contribution in [0.25, 0.3) is 5.76 Å². The molecule has 1 unspecified atom stereocenters. The lowest BCUT2D eigenvalue weighted by Crippen LogP contribution is -2.32. The van der Waals surface area contributed by atoms with Crippen molar-refractivity contribution in [2.75, 3.05) is 27.4 Å². The first-order chi connectivity index (χ1) is 13.9. The summed E-state index contributed by atoms with van der Waals surface area (Å²) >= 11 is 0. The molecular weight excluding hydrogens is 378 g/mol. The Balaban J connectivity index is 2.18. The highest BCUT2D eigenvalue weighted by Gasteiger charge is 2.45. The van der Waals surface area contributed by atoms with Gasteiger partial charge in [0.15, 0.2) is 11.5 Å². The number of amides is 1. The largest absolute Gasteiger partial charge is 0.508 e. The number of rotatable bonds is 6. The Labute approximate surface area is 167 Å². The van der Waals surface area contributed by atoms with Gasteiger partial charge in [-0.3, -0.25) is 9.59 Å². The van der Waals surface area contributed by atoms with E-state index in [-0.39, 0.29) is 35.8 Å². The Morgan fingerprint density at radius 1 is 1.03 bits per heavy atom. The molecule has 1 amide bonds. The molecule has 0 aliphatic carbocycles. The molecule has 1 aliphatic rings. The highest BCUT2D eigenvalue weighted by atomic mass is 16.5. The Morgan fingerprint density at radius 2 is 1.69 bits per heavy atom. The minimum atomic E-state index is -0.907. The number of ketones is 1.